The van der Waals surface area contributed by atoms with Gasteiger partial charge in [-0.25, -0.2) is 0 Å². The summed E-state index contributed by atoms with van der Waals surface area (Å²) in [4.78, 5) is 10.6. The van der Waals surface area contributed by atoms with E-state index in [1.54, 1.807) is 7.05 Å². The third-order valence-electron chi connectivity index (χ3n) is 1.07. The quantitative estimate of drug-likeness (QED) is 0.612. The van der Waals surface area contributed by atoms with E-state index in [9.17, 15) is 4.79 Å². The molecule has 3 N–H and O–H groups in total. The number of carbonyl (C=O) groups is 1. The average Bonchev–Trinajstić information content (AvgIpc) is 1.90. The highest BCUT2D eigenvalue weighted by Gasteiger charge is 2.12. The second-order valence-corrected chi connectivity index (χ2v) is 1.60. The first-order chi connectivity index (χ1) is 4.26. The maximum atomic E-state index is 10.6. The lowest BCUT2D eigenvalue weighted by Crippen LogP contribution is -2.41. The molecule has 0 fully saturated rings. The molecule has 4 nitrogen and oxygen atoms in total. The van der Waals surface area contributed by atoms with Crippen LogP contribution < -0.4 is 11.1 Å². The summed E-state index contributed by atoms with van der Waals surface area (Å²) < 4.78 is 4.41. The topological polar surface area (TPSA) is 64.3 Å². The van der Waals surface area contributed by atoms with E-state index in [2.05, 4.69) is 10.1 Å². The molecule has 11 heavy (non-hydrogen) atoms. The number of ether oxygens (including phenoxy) is 1. The number of nitrogens with one attached hydrogen (secondary N) is 1. The van der Waals surface area contributed by atoms with Gasteiger partial charge in [-0.15, -0.1) is 24.8 Å². The molecule has 0 bridgehead atoms. The van der Waals surface area contributed by atoms with Crippen molar-refractivity contribution in [2.45, 2.75) is 6.04 Å². The largest absolute Gasteiger partial charge is 0.468 e. The Balaban J connectivity index is -0.000000320. The van der Waals surface area contributed by atoms with E-state index in [-0.39, 0.29) is 43.4 Å². The highest BCUT2D eigenvalue weighted by Crippen LogP contribution is 1.81. The van der Waals surface area contributed by atoms with Gasteiger partial charge in [0.05, 0.1) is 7.11 Å². The zero-order valence-electron chi connectivity index (χ0n) is 6.49. The Morgan fingerprint density at radius 1 is 1.64 bits per heavy atom. The highest BCUT2D eigenvalue weighted by molar-refractivity contribution is 5.85. The molecule has 0 aliphatic carbocycles. The average molecular weight is 205 g/mol. The number of esters is 1. The number of likely N-dealkylation sites (N-methyl/N-ethyl adjacent to an activating group) is 1. The van der Waals surface area contributed by atoms with Gasteiger partial charge in [-0.3, -0.25) is 4.79 Å². The molecule has 0 aliphatic heterocycles. The molecule has 0 aromatic heterocycles. The maximum Gasteiger partial charge on any atom is 0.324 e. The van der Waals surface area contributed by atoms with Crippen LogP contribution in [0.15, 0.2) is 0 Å². The van der Waals surface area contributed by atoms with Crippen molar-refractivity contribution in [2.24, 2.45) is 5.73 Å². The number of carbonyl (C=O) groups excluding carboxylic acids is 1. The van der Waals surface area contributed by atoms with Gasteiger partial charge in [0, 0.05) is 6.54 Å². The first-order valence-corrected chi connectivity index (χ1v) is 2.71. The minimum atomic E-state index is -0.366. The van der Waals surface area contributed by atoms with Crippen molar-refractivity contribution in [2.75, 3.05) is 20.7 Å². The Morgan fingerprint density at radius 3 is 2.18 bits per heavy atom. The van der Waals surface area contributed by atoms with E-state index in [4.69, 9.17) is 5.73 Å². The smallest absolute Gasteiger partial charge is 0.324 e. The molecule has 0 saturated heterocycles. The first-order valence-electron chi connectivity index (χ1n) is 2.71. The first kappa shape index (κ1) is 17.2. The summed E-state index contributed by atoms with van der Waals surface area (Å²) in [6.45, 7) is 0.267. The molecule has 0 radical (unpaired) electrons. The highest BCUT2D eigenvalue weighted by atomic mass is 35.5. The predicted molar refractivity (Wildman–Crippen MR) is 48.4 cm³/mol. The van der Waals surface area contributed by atoms with Gasteiger partial charge in [0.25, 0.3) is 0 Å². The summed E-state index contributed by atoms with van der Waals surface area (Å²) >= 11 is 0. The molecule has 0 heterocycles. The molecule has 0 saturated carbocycles. The summed E-state index contributed by atoms with van der Waals surface area (Å²) in [5.74, 6) is -0.319. The van der Waals surface area contributed by atoms with Crippen molar-refractivity contribution >= 4 is 30.8 Å². The fourth-order valence-electron chi connectivity index (χ4n) is 0.474. The van der Waals surface area contributed by atoms with Crippen LogP contribution in [-0.2, 0) is 9.53 Å². The van der Waals surface area contributed by atoms with Gasteiger partial charge < -0.3 is 15.8 Å². The van der Waals surface area contributed by atoms with E-state index in [0.29, 0.717) is 0 Å². The zero-order chi connectivity index (χ0) is 7.28. The number of halogens is 2. The van der Waals surface area contributed by atoms with Crippen LogP contribution in [0.3, 0.4) is 0 Å². The Hall–Kier alpha value is -0.0300. The molecule has 0 aromatic rings. The Kier molecular flexibility index (Phi) is 15.6. The van der Waals surface area contributed by atoms with Crippen LogP contribution in [-0.4, -0.2) is 32.7 Å². The number of methoxy groups -OCH3 is 1. The lowest BCUT2D eigenvalue weighted by Gasteiger charge is -2.09. The van der Waals surface area contributed by atoms with Crippen LogP contribution in [0.1, 0.15) is 0 Å². The lowest BCUT2D eigenvalue weighted by molar-refractivity contribution is -0.142. The zero-order valence-corrected chi connectivity index (χ0v) is 8.13. The molecule has 0 amide bonds. The summed E-state index contributed by atoms with van der Waals surface area (Å²) in [5, 5.41) is 2.70. The third-order valence-corrected chi connectivity index (χ3v) is 1.07. The van der Waals surface area contributed by atoms with Gasteiger partial charge in [-0.2, -0.15) is 0 Å². The number of nitrogens with two attached hydrogens (primary N) is 1. The van der Waals surface area contributed by atoms with Gasteiger partial charge in [0.2, 0.25) is 0 Å². The summed E-state index contributed by atoms with van der Waals surface area (Å²) in [6, 6.07) is -0.366. The predicted octanol–water partition coefficient (Wildman–Crippen LogP) is -0.450. The van der Waals surface area contributed by atoms with Gasteiger partial charge in [-0.05, 0) is 7.05 Å². The molecule has 1 atom stereocenters. The molecular weight excluding hydrogens is 191 g/mol. The lowest BCUT2D eigenvalue weighted by atomic mass is 10.3. The Labute approximate surface area is 78.7 Å². The summed E-state index contributed by atoms with van der Waals surface area (Å²) in [5.41, 5.74) is 5.20. The van der Waals surface area contributed by atoms with Crippen LogP contribution >= 0.6 is 24.8 Å². The van der Waals surface area contributed by atoms with Gasteiger partial charge in [-0.1, -0.05) is 0 Å². The minimum absolute atomic E-state index is 0. The van der Waals surface area contributed by atoms with Crippen LogP contribution in [0.2, 0.25) is 0 Å². The van der Waals surface area contributed by atoms with Crippen LogP contribution in [0.25, 0.3) is 0 Å². The van der Waals surface area contributed by atoms with Crippen LogP contribution in [0.4, 0.5) is 0 Å². The van der Waals surface area contributed by atoms with E-state index in [1.807, 2.05) is 0 Å². The molecule has 1 unspecified atom stereocenters. The van der Waals surface area contributed by atoms with Crippen molar-refractivity contribution in [3.63, 3.8) is 0 Å². The SMILES string of the molecule is CNC(CN)C(=O)OC.Cl.Cl. The van der Waals surface area contributed by atoms with E-state index in [1.165, 1.54) is 7.11 Å². The summed E-state index contributed by atoms with van der Waals surface area (Å²) in [7, 11) is 3.00. The van der Waals surface area contributed by atoms with Gasteiger partial charge in [0.1, 0.15) is 6.04 Å². The van der Waals surface area contributed by atoms with E-state index < -0.39 is 0 Å². The normalized spacial score (nSPS) is 10.5. The molecule has 0 spiro atoms. The number of rotatable bonds is 3. The van der Waals surface area contributed by atoms with E-state index in [0.717, 1.165) is 0 Å². The third kappa shape index (κ3) is 6.37. The second kappa shape index (κ2) is 9.97. The molecule has 0 aromatic carbocycles. The Bertz CT molecular complexity index is 98.5. The van der Waals surface area contributed by atoms with Crippen LogP contribution in [0.5, 0.6) is 0 Å². The number of hydrogen-bond acceptors (Lipinski definition) is 4. The van der Waals surface area contributed by atoms with Crippen molar-refractivity contribution in [1.82, 2.24) is 5.32 Å². The summed E-state index contributed by atoms with van der Waals surface area (Å²) in [6.07, 6.45) is 0. The standard InChI is InChI=1S/C5H12N2O2.2ClH/c1-7-4(3-6)5(8)9-2;;/h4,7H,3,6H2,1-2H3;2*1H. The molecule has 0 aliphatic rings. The second-order valence-electron chi connectivity index (χ2n) is 1.60. The minimum Gasteiger partial charge on any atom is -0.468 e. The van der Waals surface area contributed by atoms with Crippen molar-refractivity contribution in [1.29, 1.82) is 0 Å². The Morgan fingerprint density at radius 2 is 2.09 bits per heavy atom. The molecular formula is C5H14Cl2N2O2. The van der Waals surface area contributed by atoms with Crippen molar-refractivity contribution < 1.29 is 9.53 Å². The van der Waals surface area contributed by atoms with Crippen molar-refractivity contribution in [3.05, 3.63) is 0 Å². The number of hydrogen-bond donors (Lipinski definition) is 2. The van der Waals surface area contributed by atoms with Gasteiger partial charge >= 0.3 is 5.97 Å². The van der Waals surface area contributed by atoms with Gasteiger partial charge in [0.15, 0.2) is 0 Å². The fraction of sp³-hybridized carbons (Fsp3) is 0.800. The fourth-order valence-corrected chi connectivity index (χ4v) is 0.474. The maximum absolute atomic E-state index is 10.6. The molecule has 0 rings (SSSR count). The molecule has 6 heteroatoms. The van der Waals surface area contributed by atoms with E-state index >= 15 is 0 Å². The van der Waals surface area contributed by atoms with Crippen LogP contribution in [0, 0.1) is 0 Å². The monoisotopic (exact) mass is 204 g/mol. The molecule has 70 valence electrons. The van der Waals surface area contributed by atoms with Crippen molar-refractivity contribution in [3.8, 4) is 0 Å².